The molecule has 0 saturated carbocycles. The number of ether oxygens (including phenoxy) is 3. The van der Waals surface area contributed by atoms with E-state index in [0.717, 1.165) is 11.1 Å². The van der Waals surface area contributed by atoms with Crippen LogP contribution in [0.1, 0.15) is 16.7 Å². The topological polar surface area (TPSA) is 432 Å². The van der Waals surface area contributed by atoms with Crippen molar-refractivity contribution >= 4 is 103 Å². The van der Waals surface area contributed by atoms with E-state index < -0.39 is 29.9 Å². The number of nitrogen functional groups attached to an aromatic ring is 6. The van der Waals surface area contributed by atoms with Crippen LogP contribution in [0.5, 0.6) is 0 Å². The Balaban J connectivity index is 0.000000151. The summed E-state index contributed by atoms with van der Waals surface area (Å²) in [5.41, 5.74) is 39.5. The molecular formula is C58H52F4N24O6. The molecule has 0 saturated heterocycles. The molecule has 34 heteroatoms. The quantitative estimate of drug-likeness (QED) is 0.0435. The summed E-state index contributed by atoms with van der Waals surface area (Å²) in [6.07, 6.45) is 2.02. The second-order valence-corrected chi connectivity index (χ2v) is 19.4. The molecule has 0 aliphatic carbocycles. The van der Waals surface area contributed by atoms with Crippen molar-refractivity contribution in [1.82, 2.24) is 74.2 Å². The molecule has 0 atom stereocenters. The number of hydrogen-bond acceptors (Lipinski definition) is 24. The molecular weight excluding hydrogens is 1200 g/mol. The highest BCUT2D eigenvalue weighted by molar-refractivity contribution is 5.98. The molecule has 0 aliphatic rings. The molecule has 3 aromatic carbocycles. The van der Waals surface area contributed by atoms with Gasteiger partial charge in [-0.05, 0) is 48.5 Å². The van der Waals surface area contributed by atoms with Crippen molar-refractivity contribution in [2.75, 3.05) is 78.3 Å². The first-order valence-corrected chi connectivity index (χ1v) is 26.9. The van der Waals surface area contributed by atoms with Crippen molar-refractivity contribution in [3.63, 3.8) is 0 Å². The normalized spacial score (nSPS) is 10.9. The lowest BCUT2D eigenvalue weighted by atomic mass is 10.2. The van der Waals surface area contributed by atoms with Crippen LogP contribution in [0.3, 0.4) is 0 Å². The molecule has 0 unspecified atom stereocenters. The number of nitrogens with zero attached hydrogens (tertiary/aromatic N) is 16. The van der Waals surface area contributed by atoms with Crippen LogP contribution in [-0.4, -0.2) is 121 Å². The van der Waals surface area contributed by atoms with E-state index in [-0.39, 0.29) is 117 Å². The van der Waals surface area contributed by atoms with Crippen molar-refractivity contribution in [2.24, 2.45) is 0 Å². The zero-order valence-electron chi connectivity index (χ0n) is 48.7. The second kappa shape index (κ2) is 26.6. The zero-order valence-corrected chi connectivity index (χ0v) is 48.7. The maximum atomic E-state index is 14.2. The summed E-state index contributed by atoms with van der Waals surface area (Å²) in [6, 6.07) is 27.3. The van der Waals surface area contributed by atoms with E-state index in [1.54, 1.807) is 101 Å². The third-order valence-electron chi connectivity index (χ3n) is 13.5. The number of nitrogens with one attached hydrogen (secondary N) is 2. The molecule has 0 bridgehead atoms. The van der Waals surface area contributed by atoms with E-state index in [4.69, 9.17) is 34.4 Å². The predicted molar refractivity (Wildman–Crippen MR) is 331 cm³/mol. The highest BCUT2D eigenvalue weighted by Crippen LogP contribution is 2.35. The van der Waals surface area contributed by atoms with Gasteiger partial charge in [-0.15, -0.1) is 0 Å². The third-order valence-corrected chi connectivity index (χ3v) is 13.5. The van der Waals surface area contributed by atoms with Crippen LogP contribution in [0.25, 0.3) is 67.7 Å². The Morgan fingerprint density at radius 2 is 0.815 bits per heavy atom. The smallest absolute Gasteiger partial charge is 0.413 e. The Morgan fingerprint density at radius 3 is 1.17 bits per heavy atom. The molecule has 468 valence electrons. The summed E-state index contributed by atoms with van der Waals surface area (Å²) in [5.74, 6) is -1.86. The number of fused-ring (bicyclic) bond motifs is 3. The van der Waals surface area contributed by atoms with Crippen LogP contribution in [0.15, 0.2) is 122 Å². The van der Waals surface area contributed by atoms with Gasteiger partial charge >= 0.3 is 18.3 Å². The number of rotatable bonds is 12. The molecule has 92 heavy (non-hydrogen) atoms. The van der Waals surface area contributed by atoms with E-state index >= 15 is 0 Å². The average molecular weight is 1260 g/mol. The minimum atomic E-state index is -0.805. The van der Waals surface area contributed by atoms with Gasteiger partial charge in [0.25, 0.3) is 0 Å². The molecule has 12 aromatic rings. The number of carbonyl (C=O) groups excluding carboxylic acids is 3. The van der Waals surface area contributed by atoms with Crippen molar-refractivity contribution < 1.29 is 46.2 Å². The van der Waals surface area contributed by atoms with Crippen LogP contribution >= 0.6 is 0 Å². The zero-order chi connectivity index (χ0) is 65.5. The summed E-state index contributed by atoms with van der Waals surface area (Å²) >= 11 is 0. The van der Waals surface area contributed by atoms with Gasteiger partial charge in [0, 0.05) is 36.1 Å². The number of pyridine rings is 3. The highest BCUT2D eigenvalue weighted by atomic mass is 19.1. The lowest BCUT2D eigenvalue weighted by Gasteiger charge is -2.18. The third kappa shape index (κ3) is 13.0. The number of aromatic nitrogens is 15. The monoisotopic (exact) mass is 1260 g/mol. The van der Waals surface area contributed by atoms with Crippen LogP contribution in [0.4, 0.5) is 83.9 Å². The van der Waals surface area contributed by atoms with Gasteiger partial charge in [-0.25, -0.2) is 90.8 Å². The SMILES string of the molecule is COC(=O)N(C)c1c(N)nc(-c2nn(Cc3ccccc3F)c3ncccc23)nc1N.COC(=O)Nc1c(N)nc(-c2nn(Cc3ccccc3F)c3ncc(F)cc23)nc1N.COC(=O)Nc1c(N)nc(-c2nn(Cc3ccccc3F)c3ncccc23)nc1N. The molecule has 9 aromatic heterocycles. The van der Waals surface area contributed by atoms with E-state index in [1.807, 2.05) is 0 Å². The van der Waals surface area contributed by atoms with E-state index in [9.17, 15) is 31.9 Å². The van der Waals surface area contributed by atoms with E-state index in [0.29, 0.717) is 50.1 Å². The molecule has 14 N–H and O–H groups in total. The summed E-state index contributed by atoms with van der Waals surface area (Å²) in [6.45, 7) is 0.357. The Labute approximate surface area is 516 Å². The Kier molecular flexibility index (Phi) is 18.0. The fourth-order valence-electron chi connectivity index (χ4n) is 9.18. The predicted octanol–water partition coefficient (Wildman–Crippen LogP) is 7.42. The second-order valence-electron chi connectivity index (χ2n) is 19.4. The number of halogens is 4. The lowest BCUT2D eigenvalue weighted by Crippen LogP contribution is -2.28. The van der Waals surface area contributed by atoms with Crippen LogP contribution in [0, 0.1) is 23.3 Å². The van der Waals surface area contributed by atoms with Crippen molar-refractivity contribution in [1.29, 1.82) is 0 Å². The first-order chi connectivity index (χ1) is 44.2. The van der Waals surface area contributed by atoms with E-state index in [1.165, 1.54) is 57.3 Å². The van der Waals surface area contributed by atoms with Crippen molar-refractivity contribution in [3.8, 4) is 34.6 Å². The first-order valence-electron chi connectivity index (χ1n) is 26.9. The van der Waals surface area contributed by atoms with Gasteiger partial charge < -0.3 is 48.6 Å². The molecule has 0 aliphatic heterocycles. The van der Waals surface area contributed by atoms with E-state index in [2.05, 4.69) is 85.0 Å². The van der Waals surface area contributed by atoms with Gasteiger partial charge in [-0.3, -0.25) is 15.5 Å². The number of hydrogen-bond donors (Lipinski definition) is 8. The maximum absolute atomic E-state index is 14.2. The van der Waals surface area contributed by atoms with Gasteiger partial charge in [-0.2, -0.15) is 15.3 Å². The number of methoxy groups -OCH3 is 3. The number of anilines is 9. The lowest BCUT2D eigenvalue weighted by molar-refractivity contribution is 0.180. The minimum absolute atomic E-state index is 0.0175. The largest absolute Gasteiger partial charge is 0.453 e. The summed E-state index contributed by atoms with van der Waals surface area (Å²) in [7, 11) is 5.06. The fraction of sp³-hybridized carbons (Fsp3) is 0.121. The Bertz CT molecular complexity index is 4730. The number of carbonyl (C=O) groups is 3. The summed E-state index contributed by atoms with van der Waals surface area (Å²) in [5, 5.41) is 19.7. The average Bonchev–Trinajstić information content (AvgIpc) is 1.77. The molecule has 3 amide bonds. The van der Waals surface area contributed by atoms with Gasteiger partial charge in [0.2, 0.25) is 0 Å². The number of benzene rings is 3. The fourth-order valence-corrected chi connectivity index (χ4v) is 9.18. The van der Waals surface area contributed by atoms with Gasteiger partial charge in [0.05, 0.1) is 63.3 Å². The molecule has 0 radical (unpaired) electrons. The summed E-state index contributed by atoms with van der Waals surface area (Å²) < 4.78 is 74.6. The van der Waals surface area contributed by atoms with Crippen LogP contribution in [-0.2, 0) is 33.8 Å². The van der Waals surface area contributed by atoms with Gasteiger partial charge in [0.15, 0.2) is 69.3 Å². The maximum Gasteiger partial charge on any atom is 0.413 e. The number of amides is 3. The highest BCUT2D eigenvalue weighted by Gasteiger charge is 2.26. The molecule has 30 nitrogen and oxygen atoms in total. The standard InChI is InChI=1S/C20H19FN8O2.C19H16F2N8O2.C19H17FN8O2/c1-28(20(30)31-2)15-16(22)25-18(26-17(15)23)14-12-7-5-9-24-19(12)29(27-14)10-11-6-3-4-8-13(11)21;1-31-19(30)25-14-15(22)26-17(27-16(14)23)13-11-6-10(20)7-24-18(11)29(28-13)8-9-4-2-3-5-12(9)21;1-30-19(29)24-14-15(21)25-17(26-16(14)22)13-11-6-4-8-23-18(11)28(27-13)9-10-5-2-3-7-12(10)20/h3-9H,10H2,1-2H3,(H4,22,23,25,26);2-7H,8H2,1H3,(H,25,30)(H4,22,23,26,27);2-8H,9H2,1H3,(H,24,29)(H4,21,22,25,26). The van der Waals surface area contributed by atoms with Crippen LogP contribution in [0.2, 0.25) is 0 Å². The molecule has 12 rings (SSSR count). The number of nitrogens with two attached hydrogens (primary N) is 6. The molecule has 0 fully saturated rings. The summed E-state index contributed by atoms with van der Waals surface area (Å²) in [4.78, 5) is 73.9. The molecule has 9 heterocycles. The van der Waals surface area contributed by atoms with Crippen molar-refractivity contribution in [3.05, 3.63) is 162 Å². The van der Waals surface area contributed by atoms with Gasteiger partial charge in [-0.1, -0.05) is 54.6 Å². The van der Waals surface area contributed by atoms with Crippen LogP contribution < -0.4 is 49.9 Å². The van der Waals surface area contributed by atoms with Crippen molar-refractivity contribution in [2.45, 2.75) is 19.6 Å². The van der Waals surface area contributed by atoms with Gasteiger partial charge in [0.1, 0.15) is 57.4 Å². The Morgan fingerprint density at radius 1 is 0.467 bits per heavy atom. The first kappa shape index (κ1) is 62.2. The minimum Gasteiger partial charge on any atom is -0.453 e. The Hall–Kier alpha value is -12.9. The molecule has 0 spiro atoms.